The SMILES string of the molecule is Cn1cc(-c2ccc3cnc(NC(=O)C4CCN(CC5CCO5)C4)cc3c2)cn1. The fraction of sp³-hybridized carbons (Fsp3) is 0.409. The molecule has 7 nitrogen and oxygen atoms in total. The average molecular weight is 391 g/mol. The van der Waals surface area contributed by atoms with Crippen LogP contribution in [0.3, 0.4) is 0 Å². The van der Waals surface area contributed by atoms with Gasteiger partial charge in [-0.1, -0.05) is 12.1 Å². The number of rotatable bonds is 5. The van der Waals surface area contributed by atoms with Gasteiger partial charge in [-0.2, -0.15) is 5.10 Å². The molecule has 0 saturated carbocycles. The molecule has 0 radical (unpaired) electrons. The summed E-state index contributed by atoms with van der Waals surface area (Å²) in [7, 11) is 1.91. The zero-order chi connectivity index (χ0) is 19.8. The van der Waals surface area contributed by atoms with Crippen molar-refractivity contribution >= 4 is 22.5 Å². The van der Waals surface area contributed by atoms with Crippen LogP contribution in [0.4, 0.5) is 5.82 Å². The summed E-state index contributed by atoms with van der Waals surface area (Å²) in [5, 5.41) is 9.35. The predicted molar refractivity (Wildman–Crippen MR) is 111 cm³/mol. The summed E-state index contributed by atoms with van der Waals surface area (Å²) in [5.41, 5.74) is 2.16. The number of amides is 1. The number of nitrogens with one attached hydrogen (secondary N) is 1. The largest absolute Gasteiger partial charge is 0.377 e. The Hall–Kier alpha value is -2.77. The van der Waals surface area contributed by atoms with Crippen LogP contribution in [0, 0.1) is 5.92 Å². The Balaban J connectivity index is 1.28. The van der Waals surface area contributed by atoms with Crippen molar-refractivity contribution in [1.82, 2.24) is 19.7 Å². The number of anilines is 1. The summed E-state index contributed by atoms with van der Waals surface area (Å²) >= 11 is 0. The maximum absolute atomic E-state index is 12.7. The minimum atomic E-state index is 0.00861. The third-order valence-corrected chi connectivity index (χ3v) is 5.91. The van der Waals surface area contributed by atoms with Gasteiger partial charge in [0, 0.05) is 50.1 Å². The highest BCUT2D eigenvalue weighted by molar-refractivity contribution is 5.95. The van der Waals surface area contributed by atoms with Crippen molar-refractivity contribution in [2.75, 3.05) is 31.6 Å². The summed E-state index contributed by atoms with van der Waals surface area (Å²) in [6.45, 7) is 3.57. The fourth-order valence-corrected chi connectivity index (χ4v) is 4.12. The molecule has 1 amide bonds. The maximum atomic E-state index is 12.7. The van der Waals surface area contributed by atoms with Gasteiger partial charge in [0.2, 0.25) is 5.91 Å². The van der Waals surface area contributed by atoms with Crippen LogP contribution in [-0.2, 0) is 16.6 Å². The van der Waals surface area contributed by atoms with Crippen molar-refractivity contribution in [2.24, 2.45) is 13.0 Å². The Morgan fingerprint density at radius 3 is 2.86 bits per heavy atom. The van der Waals surface area contributed by atoms with E-state index in [1.165, 1.54) is 0 Å². The highest BCUT2D eigenvalue weighted by Crippen LogP contribution is 2.26. The molecular formula is C22H25N5O2. The second kappa shape index (κ2) is 7.57. The lowest BCUT2D eigenvalue weighted by Gasteiger charge is -2.30. The molecule has 150 valence electrons. The zero-order valence-corrected chi connectivity index (χ0v) is 16.5. The number of likely N-dealkylation sites (tertiary alicyclic amines) is 1. The number of benzene rings is 1. The lowest BCUT2D eigenvalue weighted by Crippen LogP contribution is -2.39. The molecule has 2 aliphatic heterocycles. The standard InChI is InChI=1S/C22H25N5O2/c1-26-12-19(11-24-26)15-2-3-16-10-23-21(9-18(16)8-15)25-22(28)17-4-6-27(13-17)14-20-5-7-29-20/h2-3,8-12,17,20H,4-7,13-14H2,1H3,(H,23,25,28). The molecule has 2 saturated heterocycles. The van der Waals surface area contributed by atoms with E-state index in [2.05, 4.69) is 32.4 Å². The summed E-state index contributed by atoms with van der Waals surface area (Å²) in [4.78, 5) is 19.5. The van der Waals surface area contributed by atoms with Gasteiger partial charge in [-0.05, 0) is 42.5 Å². The van der Waals surface area contributed by atoms with Crippen molar-refractivity contribution in [3.8, 4) is 11.1 Å². The smallest absolute Gasteiger partial charge is 0.229 e. The molecule has 0 aliphatic carbocycles. The molecule has 2 fully saturated rings. The van der Waals surface area contributed by atoms with Crippen molar-refractivity contribution < 1.29 is 9.53 Å². The first-order chi connectivity index (χ1) is 14.1. The van der Waals surface area contributed by atoms with Crippen LogP contribution >= 0.6 is 0 Å². The lowest BCUT2D eigenvalue weighted by atomic mass is 10.0. The van der Waals surface area contributed by atoms with E-state index in [0.717, 1.165) is 61.0 Å². The number of hydrogen-bond acceptors (Lipinski definition) is 5. The molecule has 5 rings (SSSR count). The molecule has 2 aromatic heterocycles. The first-order valence-corrected chi connectivity index (χ1v) is 10.2. The van der Waals surface area contributed by atoms with Gasteiger partial charge in [0.1, 0.15) is 5.82 Å². The van der Waals surface area contributed by atoms with Crippen molar-refractivity contribution in [1.29, 1.82) is 0 Å². The lowest BCUT2D eigenvalue weighted by molar-refractivity contribution is -0.119. The van der Waals surface area contributed by atoms with Gasteiger partial charge in [-0.3, -0.25) is 14.4 Å². The van der Waals surface area contributed by atoms with Crippen LogP contribution in [0.2, 0.25) is 0 Å². The topological polar surface area (TPSA) is 72.3 Å². The second-order valence-electron chi connectivity index (χ2n) is 8.05. The molecule has 2 unspecified atom stereocenters. The second-order valence-corrected chi connectivity index (χ2v) is 8.05. The molecule has 1 N–H and O–H groups in total. The van der Waals surface area contributed by atoms with E-state index < -0.39 is 0 Å². The number of carbonyl (C=O) groups is 1. The summed E-state index contributed by atoms with van der Waals surface area (Å²) < 4.78 is 7.30. The third kappa shape index (κ3) is 3.88. The van der Waals surface area contributed by atoms with E-state index >= 15 is 0 Å². The Kier molecular flexibility index (Phi) is 4.77. The van der Waals surface area contributed by atoms with E-state index in [0.29, 0.717) is 11.9 Å². The van der Waals surface area contributed by atoms with Gasteiger partial charge in [0.25, 0.3) is 0 Å². The highest BCUT2D eigenvalue weighted by Gasteiger charge is 2.31. The highest BCUT2D eigenvalue weighted by atomic mass is 16.5. The third-order valence-electron chi connectivity index (χ3n) is 5.91. The Morgan fingerprint density at radius 1 is 1.21 bits per heavy atom. The minimum absolute atomic E-state index is 0.00861. The molecule has 7 heteroatoms. The molecule has 3 aromatic rings. The number of aromatic nitrogens is 3. The van der Waals surface area contributed by atoms with Gasteiger partial charge in [0.15, 0.2) is 0 Å². The van der Waals surface area contributed by atoms with E-state index in [1.54, 1.807) is 4.68 Å². The minimum Gasteiger partial charge on any atom is -0.377 e. The van der Waals surface area contributed by atoms with Crippen molar-refractivity contribution in [2.45, 2.75) is 18.9 Å². The van der Waals surface area contributed by atoms with Gasteiger partial charge in [0.05, 0.1) is 18.2 Å². The number of aryl methyl sites for hydroxylation is 1. The average Bonchev–Trinajstić information content (AvgIpc) is 3.33. The molecule has 2 atom stereocenters. The molecular weight excluding hydrogens is 366 g/mol. The van der Waals surface area contributed by atoms with Crippen LogP contribution in [0.15, 0.2) is 42.9 Å². The predicted octanol–water partition coefficient (Wildman–Crippen LogP) is 2.68. The van der Waals surface area contributed by atoms with E-state index in [9.17, 15) is 4.79 Å². The quantitative estimate of drug-likeness (QED) is 0.724. The first kappa shape index (κ1) is 18.3. The van der Waals surface area contributed by atoms with E-state index in [1.807, 2.05) is 37.8 Å². The molecule has 29 heavy (non-hydrogen) atoms. The Morgan fingerprint density at radius 2 is 2.10 bits per heavy atom. The zero-order valence-electron chi connectivity index (χ0n) is 16.5. The number of carbonyl (C=O) groups excluding carboxylic acids is 1. The molecule has 4 heterocycles. The van der Waals surface area contributed by atoms with Crippen LogP contribution < -0.4 is 5.32 Å². The Bertz CT molecular complexity index is 1040. The fourth-order valence-electron chi connectivity index (χ4n) is 4.12. The Labute approximate surface area is 169 Å². The first-order valence-electron chi connectivity index (χ1n) is 10.2. The van der Waals surface area contributed by atoms with Crippen LogP contribution in [0.1, 0.15) is 12.8 Å². The molecule has 0 bridgehead atoms. The van der Waals surface area contributed by atoms with E-state index in [4.69, 9.17) is 4.74 Å². The normalized spacial score (nSPS) is 22.0. The van der Waals surface area contributed by atoms with Crippen molar-refractivity contribution in [3.63, 3.8) is 0 Å². The van der Waals surface area contributed by atoms with Crippen LogP contribution in [-0.4, -0.2) is 57.9 Å². The maximum Gasteiger partial charge on any atom is 0.229 e. The van der Waals surface area contributed by atoms with E-state index in [-0.39, 0.29) is 11.8 Å². The molecule has 2 aliphatic rings. The summed E-state index contributed by atoms with van der Waals surface area (Å²) in [5.74, 6) is 0.665. The molecule has 1 aromatic carbocycles. The number of fused-ring (bicyclic) bond motifs is 1. The van der Waals surface area contributed by atoms with Gasteiger partial charge < -0.3 is 10.1 Å². The van der Waals surface area contributed by atoms with Crippen LogP contribution in [0.5, 0.6) is 0 Å². The van der Waals surface area contributed by atoms with Crippen molar-refractivity contribution in [3.05, 3.63) is 42.9 Å². The number of ether oxygens (including phenoxy) is 1. The van der Waals surface area contributed by atoms with Gasteiger partial charge >= 0.3 is 0 Å². The summed E-state index contributed by atoms with van der Waals surface area (Å²) in [6.07, 6.45) is 8.03. The number of pyridine rings is 1. The molecule has 0 spiro atoms. The number of hydrogen-bond donors (Lipinski definition) is 1. The summed E-state index contributed by atoms with van der Waals surface area (Å²) in [6, 6.07) is 8.17. The monoisotopic (exact) mass is 391 g/mol. The number of nitrogens with zero attached hydrogens (tertiary/aromatic N) is 4. The van der Waals surface area contributed by atoms with Gasteiger partial charge in [-0.25, -0.2) is 4.98 Å². The van der Waals surface area contributed by atoms with Gasteiger partial charge in [-0.15, -0.1) is 0 Å². The van der Waals surface area contributed by atoms with Crippen LogP contribution in [0.25, 0.3) is 21.9 Å².